The summed E-state index contributed by atoms with van der Waals surface area (Å²) in [7, 11) is -3.10. The summed E-state index contributed by atoms with van der Waals surface area (Å²) < 4.78 is 45.0. The van der Waals surface area contributed by atoms with Crippen LogP contribution in [0.25, 0.3) is 27.9 Å². The van der Waals surface area contributed by atoms with Crippen molar-refractivity contribution >= 4 is 55.8 Å². The molecule has 1 amide bonds. The number of ether oxygens (including phenoxy) is 1. The van der Waals surface area contributed by atoms with Gasteiger partial charge < -0.3 is 25.3 Å². The lowest BCUT2D eigenvalue weighted by Crippen LogP contribution is -2.37. The first-order chi connectivity index (χ1) is 21.7. The number of imidazole rings is 2. The fourth-order valence-corrected chi connectivity index (χ4v) is 5.53. The van der Waals surface area contributed by atoms with Crippen LogP contribution in [-0.4, -0.2) is 79.9 Å². The highest BCUT2D eigenvalue weighted by Gasteiger charge is 2.21. The fraction of sp³-hybridized carbons (Fsp3) is 0.214. The van der Waals surface area contributed by atoms with Gasteiger partial charge >= 0.3 is 10.2 Å². The van der Waals surface area contributed by atoms with E-state index in [9.17, 15) is 17.1 Å². The van der Waals surface area contributed by atoms with E-state index in [0.717, 1.165) is 17.8 Å². The molecule has 1 aliphatic heterocycles. The maximum Gasteiger partial charge on any atom is 0.332 e. The van der Waals surface area contributed by atoms with Crippen LogP contribution >= 0.6 is 0 Å². The Bertz CT molecular complexity index is 2170. The summed E-state index contributed by atoms with van der Waals surface area (Å²) in [5.41, 5.74) is 3.80. The quantitative estimate of drug-likeness (QED) is 0.210. The van der Waals surface area contributed by atoms with Gasteiger partial charge in [0.15, 0.2) is 17.0 Å². The first-order valence-electron chi connectivity index (χ1n) is 13.9. The molecule has 5 heterocycles. The predicted octanol–water partition coefficient (Wildman–Crippen LogP) is 2.78. The molecule has 7 rings (SSSR count). The average molecular weight is 632 g/mol. The summed E-state index contributed by atoms with van der Waals surface area (Å²) in [4.78, 5) is 36.4. The Morgan fingerprint density at radius 2 is 1.96 bits per heavy atom. The number of aromatic amines is 1. The molecule has 0 aliphatic carbocycles. The molecule has 230 valence electrons. The molecule has 6 aromatic rings. The van der Waals surface area contributed by atoms with Gasteiger partial charge in [0.2, 0.25) is 5.95 Å². The van der Waals surface area contributed by atoms with Crippen molar-refractivity contribution in [1.82, 2.24) is 39.3 Å². The zero-order chi connectivity index (χ0) is 31.1. The highest BCUT2D eigenvalue weighted by Crippen LogP contribution is 2.26. The minimum atomic E-state index is -4.94. The Labute approximate surface area is 255 Å². The van der Waals surface area contributed by atoms with Gasteiger partial charge in [-0.3, -0.25) is 14.0 Å². The molecule has 1 fully saturated rings. The summed E-state index contributed by atoms with van der Waals surface area (Å²) in [6, 6.07) is 9.88. The number of hydrogen-bond acceptors (Lipinski definition) is 11. The van der Waals surface area contributed by atoms with Crippen molar-refractivity contribution in [2.75, 3.05) is 41.8 Å². The van der Waals surface area contributed by atoms with E-state index in [1.807, 2.05) is 17.8 Å². The number of benzene rings is 2. The lowest BCUT2D eigenvalue weighted by Gasteiger charge is -2.27. The number of aryl methyl sites for hydroxylation is 1. The number of morpholine rings is 1. The molecule has 1 aliphatic rings. The molecular formula is C28H26FN11O4S. The number of nitrogens with one attached hydrogen (secondary N) is 3. The average Bonchev–Trinajstić information content (AvgIpc) is 3.77. The number of amides is 1. The smallest absolute Gasteiger partial charge is 0.332 e. The van der Waals surface area contributed by atoms with Crippen molar-refractivity contribution in [3.05, 3.63) is 72.6 Å². The van der Waals surface area contributed by atoms with Crippen LogP contribution in [0, 0.1) is 0 Å². The SMILES string of the molecule is Cn1cc(-n2cnc3c(NCc4nc5ccc(NC(=O)c6cccc(S(=O)(=O)F)c6)cc5[nH]4)nc(N4CCOCC4)nc32)cn1. The summed E-state index contributed by atoms with van der Waals surface area (Å²) in [5, 5.41) is 10.3. The van der Waals surface area contributed by atoms with E-state index in [-0.39, 0.29) is 12.1 Å². The van der Waals surface area contributed by atoms with Crippen LogP contribution in [0.15, 0.2) is 66.1 Å². The zero-order valence-corrected chi connectivity index (χ0v) is 24.6. The molecule has 0 unspecified atom stereocenters. The van der Waals surface area contributed by atoms with Gasteiger partial charge in [-0.15, -0.1) is 3.89 Å². The second-order valence-electron chi connectivity index (χ2n) is 10.3. The van der Waals surface area contributed by atoms with Crippen molar-refractivity contribution in [2.45, 2.75) is 11.4 Å². The van der Waals surface area contributed by atoms with E-state index >= 15 is 0 Å². The lowest BCUT2D eigenvalue weighted by molar-refractivity contribution is 0.102. The van der Waals surface area contributed by atoms with E-state index in [0.29, 0.717) is 71.8 Å². The Hall–Kier alpha value is -5.42. The number of anilines is 3. The Morgan fingerprint density at radius 3 is 2.73 bits per heavy atom. The minimum absolute atomic E-state index is 0.00176. The fourth-order valence-electron chi connectivity index (χ4n) is 5.02. The number of aromatic nitrogens is 8. The van der Waals surface area contributed by atoms with Gasteiger partial charge in [0, 0.05) is 37.6 Å². The number of nitrogens with zero attached hydrogens (tertiary/aromatic N) is 8. The predicted molar refractivity (Wildman–Crippen MR) is 163 cm³/mol. The van der Waals surface area contributed by atoms with Gasteiger partial charge in [-0.05, 0) is 36.4 Å². The van der Waals surface area contributed by atoms with Crippen molar-refractivity contribution in [1.29, 1.82) is 0 Å². The number of rotatable bonds is 8. The Morgan fingerprint density at radius 1 is 1.11 bits per heavy atom. The van der Waals surface area contributed by atoms with Crippen LogP contribution in [0.5, 0.6) is 0 Å². The van der Waals surface area contributed by atoms with Crippen LogP contribution in [0.3, 0.4) is 0 Å². The molecule has 1 saturated heterocycles. The Kier molecular flexibility index (Phi) is 7.09. The van der Waals surface area contributed by atoms with Crippen molar-refractivity contribution in [2.24, 2.45) is 7.05 Å². The standard InChI is InChI=1S/C28H26FN11O4S/c1-38-15-19(13-32-38)40-16-31-24-25(36-28(37-26(24)40)39-7-9-44-10-8-39)30-14-23-34-21-6-5-18(12-22(21)35-23)33-27(41)17-3-2-4-20(11-17)45(29,42)43/h2-6,11-13,15-16H,7-10,14H2,1H3,(H,33,41)(H,34,35)(H,30,36,37). The van der Waals surface area contributed by atoms with Gasteiger partial charge in [0.25, 0.3) is 5.91 Å². The normalized spacial score (nSPS) is 13.9. The van der Waals surface area contributed by atoms with Crippen LogP contribution in [-0.2, 0) is 28.6 Å². The van der Waals surface area contributed by atoms with Gasteiger partial charge in [-0.1, -0.05) is 6.07 Å². The topological polar surface area (TPSA) is 178 Å². The summed E-state index contributed by atoms with van der Waals surface area (Å²) in [6.45, 7) is 2.78. The number of halogens is 1. The third-order valence-electron chi connectivity index (χ3n) is 7.24. The molecule has 0 atom stereocenters. The van der Waals surface area contributed by atoms with Crippen molar-refractivity contribution in [3.8, 4) is 5.69 Å². The van der Waals surface area contributed by atoms with E-state index in [2.05, 4.69) is 35.6 Å². The highest BCUT2D eigenvalue weighted by molar-refractivity contribution is 7.86. The summed E-state index contributed by atoms with van der Waals surface area (Å²) in [6.07, 6.45) is 5.30. The van der Waals surface area contributed by atoms with E-state index in [1.54, 1.807) is 35.4 Å². The van der Waals surface area contributed by atoms with E-state index in [4.69, 9.17) is 14.7 Å². The maximum absolute atomic E-state index is 13.4. The number of hydrogen-bond donors (Lipinski definition) is 3. The van der Waals surface area contributed by atoms with Gasteiger partial charge in [0.05, 0.1) is 47.6 Å². The molecule has 17 heteroatoms. The second kappa shape index (κ2) is 11.3. The molecule has 2 aromatic carbocycles. The van der Waals surface area contributed by atoms with E-state index in [1.165, 1.54) is 12.1 Å². The molecule has 0 radical (unpaired) electrons. The number of fused-ring (bicyclic) bond motifs is 2. The van der Waals surface area contributed by atoms with Gasteiger partial charge in [-0.2, -0.15) is 23.5 Å². The first-order valence-corrected chi connectivity index (χ1v) is 15.2. The molecule has 0 saturated carbocycles. The monoisotopic (exact) mass is 631 g/mol. The molecule has 3 N–H and O–H groups in total. The van der Waals surface area contributed by atoms with E-state index < -0.39 is 21.0 Å². The third-order valence-corrected chi connectivity index (χ3v) is 8.05. The van der Waals surface area contributed by atoms with Crippen molar-refractivity contribution in [3.63, 3.8) is 0 Å². The minimum Gasteiger partial charge on any atom is -0.378 e. The number of H-pyrrole nitrogens is 1. The second-order valence-corrected chi connectivity index (χ2v) is 11.7. The highest BCUT2D eigenvalue weighted by atomic mass is 32.3. The first kappa shape index (κ1) is 28.4. The molecule has 0 bridgehead atoms. The number of carbonyl (C=O) groups is 1. The van der Waals surface area contributed by atoms with Gasteiger partial charge in [-0.25, -0.2) is 9.97 Å². The summed E-state index contributed by atoms with van der Waals surface area (Å²) >= 11 is 0. The maximum atomic E-state index is 13.4. The zero-order valence-electron chi connectivity index (χ0n) is 23.8. The molecule has 4 aromatic heterocycles. The molecule has 45 heavy (non-hydrogen) atoms. The van der Waals surface area contributed by atoms with Crippen molar-refractivity contribution < 1.29 is 21.8 Å². The van der Waals surface area contributed by atoms with Crippen LogP contribution < -0.4 is 15.5 Å². The summed E-state index contributed by atoms with van der Waals surface area (Å²) in [5.74, 6) is 1.12. The van der Waals surface area contributed by atoms with Crippen LogP contribution in [0.2, 0.25) is 0 Å². The third kappa shape index (κ3) is 5.77. The van der Waals surface area contributed by atoms with Crippen LogP contribution in [0.4, 0.5) is 21.3 Å². The molecular weight excluding hydrogens is 605 g/mol. The largest absolute Gasteiger partial charge is 0.378 e. The van der Waals surface area contributed by atoms with Crippen LogP contribution in [0.1, 0.15) is 16.2 Å². The lowest BCUT2D eigenvalue weighted by atomic mass is 10.2. The molecule has 0 spiro atoms. The Balaban J connectivity index is 1.13. The van der Waals surface area contributed by atoms with Gasteiger partial charge in [0.1, 0.15) is 12.2 Å². The molecule has 15 nitrogen and oxygen atoms in total. The number of carbonyl (C=O) groups excluding carboxylic acids is 1.